The van der Waals surface area contributed by atoms with Crippen LogP contribution < -0.4 is 0 Å². The van der Waals surface area contributed by atoms with E-state index in [0.29, 0.717) is 12.3 Å². The van der Waals surface area contributed by atoms with Crippen LogP contribution in [-0.2, 0) is 4.74 Å². The van der Waals surface area contributed by atoms with E-state index in [1.807, 2.05) is 6.92 Å². The molecule has 0 saturated carbocycles. The summed E-state index contributed by atoms with van der Waals surface area (Å²) in [6, 6.07) is 0. The van der Waals surface area contributed by atoms with Gasteiger partial charge in [0.1, 0.15) is 0 Å². The molecule has 3 nitrogen and oxygen atoms in total. The number of nitrogens with zero attached hydrogens (tertiary/aromatic N) is 1. The molecule has 0 bridgehead atoms. The normalized spacial score (nSPS) is 13.0. The quantitative estimate of drug-likeness (QED) is 0.443. The molecule has 4 heteroatoms. The van der Waals surface area contributed by atoms with Crippen molar-refractivity contribution in [2.24, 2.45) is 4.99 Å². The van der Waals surface area contributed by atoms with Gasteiger partial charge in [-0.05, 0) is 30.8 Å². The third-order valence-electron chi connectivity index (χ3n) is 1.36. The fourth-order valence-corrected chi connectivity index (χ4v) is 1.02. The summed E-state index contributed by atoms with van der Waals surface area (Å²) >= 11 is 3.16. The Balaban J connectivity index is 4.82. The van der Waals surface area contributed by atoms with E-state index in [2.05, 4.69) is 27.6 Å². The van der Waals surface area contributed by atoms with Gasteiger partial charge in [-0.3, -0.25) is 4.99 Å². The molecule has 0 fully saturated rings. The maximum Gasteiger partial charge on any atom is 0.0871 e. The first-order chi connectivity index (χ1) is 6.79. The topological polar surface area (TPSA) is 45.4 Å². The zero-order chi connectivity index (χ0) is 10.8. The van der Waals surface area contributed by atoms with Crippen molar-refractivity contribution in [1.29, 1.82) is 5.41 Å². The molecule has 0 aliphatic rings. The standard InChI is InChI=1S/C10H13BrN2O/c1-3-14-7-5-9(4-6-11)10(8-12)13-2/h4-8,12H,2-3H2,1H3/b6-4+,7-5+,10-9+,12-8?. The van der Waals surface area contributed by atoms with Crippen LogP contribution in [0.3, 0.4) is 0 Å². The van der Waals surface area contributed by atoms with Crippen LogP contribution in [0, 0.1) is 5.41 Å². The highest BCUT2D eigenvalue weighted by Crippen LogP contribution is 2.08. The lowest BCUT2D eigenvalue weighted by atomic mass is 10.2. The lowest BCUT2D eigenvalue weighted by Gasteiger charge is -1.98. The number of hydrogen-bond donors (Lipinski definition) is 1. The van der Waals surface area contributed by atoms with Gasteiger partial charge in [0.2, 0.25) is 0 Å². The molecule has 0 aliphatic carbocycles. The van der Waals surface area contributed by atoms with Crippen LogP contribution in [0.15, 0.2) is 39.7 Å². The summed E-state index contributed by atoms with van der Waals surface area (Å²) in [7, 11) is 0. The summed E-state index contributed by atoms with van der Waals surface area (Å²) in [6.07, 6.45) is 6.21. The number of aliphatic imine (C=N–C) groups is 1. The average Bonchev–Trinajstić information content (AvgIpc) is 2.20. The fourth-order valence-electron chi connectivity index (χ4n) is 0.732. The molecule has 0 amide bonds. The van der Waals surface area contributed by atoms with Crippen molar-refractivity contribution in [2.75, 3.05) is 6.61 Å². The Hall–Kier alpha value is -1.16. The molecule has 0 aromatic carbocycles. The molecule has 0 spiro atoms. The predicted octanol–water partition coefficient (Wildman–Crippen LogP) is 3.05. The fraction of sp³-hybridized carbons (Fsp3) is 0.200. The van der Waals surface area contributed by atoms with Gasteiger partial charge in [-0.25, -0.2) is 0 Å². The van der Waals surface area contributed by atoms with E-state index in [-0.39, 0.29) is 0 Å². The van der Waals surface area contributed by atoms with Gasteiger partial charge in [-0.2, -0.15) is 0 Å². The Kier molecular flexibility index (Phi) is 7.74. The van der Waals surface area contributed by atoms with Gasteiger partial charge >= 0.3 is 0 Å². The average molecular weight is 257 g/mol. The third-order valence-corrected chi connectivity index (χ3v) is 1.62. The van der Waals surface area contributed by atoms with Crippen molar-refractivity contribution in [1.82, 2.24) is 0 Å². The molecule has 0 rings (SSSR count). The minimum Gasteiger partial charge on any atom is -0.501 e. The third kappa shape index (κ3) is 4.77. The van der Waals surface area contributed by atoms with Gasteiger partial charge < -0.3 is 10.1 Å². The summed E-state index contributed by atoms with van der Waals surface area (Å²) in [6.45, 7) is 5.89. The van der Waals surface area contributed by atoms with Crippen molar-refractivity contribution in [3.63, 3.8) is 0 Å². The number of allylic oxidation sites excluding steroid dienone is 4. The first-order valence-corrected chi connectivity index (χ1v) is 4.98. The lowest BCUT2D eigenvalue weighted by Crippen LogP contribution is -1.85. The summed E-state index contributed by atoms with van der Waals surface area (Å²) in [5.74, 6) is 0. The molecular weight excluding hydrogens is 244 g/mol. The lowest BCUT2D eigenvalue weighted by molar-refractivity contribution is 0.269. The second-order valence-electron chi connectivity index (χ2n) is 2.19. The van der Waals surface area contributed by atoms with Crippen LogP contribution in [-0.4, -0.2) is 19.5 Å². The van der Waals surface area contributed by atoms with E-state index in [1.54, 1.807) is 23.4 Å². The number of hydrogen-bond acceptors (Lipinski definition) is 3. The molecule has 0 aliphatic heterocycles. The van der Waals surface area contributed by atoms with Gasteiger partial charge in [0.05, 0.1) is 18.6 Å². The number of nitrogens with one attached hydrogen (secondary N) is 1. The van der Waals surface area contributed by atoms with Crippen molar-refractivity contribution in [3.8, 4) is 0 Å². The number of rotatable bonds is 6. The van der Waals surface area contributed by atoms with E-state index < -0.39 is 0 Å². The highest BCUT2D eigenvalue weighted by molar-refractivity contribution is 9.11. The molecule has 0 radical (unpaired) electrons. The Morgan fingerprint density at radius 2 is 2.29 bits per heavy atom. The molecule has 0 atom stereocenters. The van der Waals surface area contributed by atoms with E-state index in [9.17, 15) is 0 Å². The number of halogens is 1. The second-order valence-corrected chi connectivity index (χ2v) is 2.72. The Morgan fingerprint density at radius 1 is 1.57 bits per heavy atom. The molecular formula is C10H13BrN2O. The van der Waals surface area contributed by atoms with Gasteiger partial charge in [0.25, 0.3) is 0 Å². The largest absolute Gasteiger partial charge is 0.501 e. The summed E-state index contributed by atoms with van der Waals surface area (Å²) in [4.78, 5) is 5.40. The molecule has 0 aromatic heterocycles. The highest BCUT2D eigenvalue weighted by Gasteiger charge is 1.94. The van der Waals surface area contributed by atoms with Gasteiger partial charge in [0.15, 0.2) is 0 Å². The van der Waals surface area contributed by atoms with Crippen molar-refractivity contribution in [3.05, 3.63) is 34.7 Å². The van der Waals surface area contributed by atoms with Gasteiger partial charge in [-0.1, -0.05) is 15.9 Å². The Morgan fingerprint density at radius 3 is 2.71 bits per heavy atom. The number of ether oxygens (including phenoxy) is 1. The van der Waals surface area contributed by atoms with Gasteiger partial charge in [-0.15, -0.1) is 0 Å². The zero-order valence-electron chi connectivity index (χ0n) is 8.03. The van der Waals surface area contributed by atoms with Crippen LogP contribution >= 0.6 is 15.9 Å². The Bertz CT molecular complexity index is 270. The van der Waals surface area contributed by atoms with Crippen LogP contribution in [0.25, 0.3) is 0 Å². The van der Waals surface area contributed by atoms with Crippen LogP contribution in [0.2, 0.25) is 0 Å². The molecule has 0 saturated heterocycles. The summed E-state index contributed by atoms with van der Waals surface area (Å²) in [5.41, 5.74) is 1.26. The zero-order valence-corrected chi connectivity index (χ0v) is 9.62. The Labute approximate surface area is 92.5 Å². The molecule has 0 heterocycles. The first-order valence-electron chi connectivity index (χ1n) is 4.06. The van der Waals surface area contributed by atoms with Crippen LogP contribution in [0.5, 0.6) is 0 Å². The monoisotopic (exact) mass is 256 g/mol. The highest BCUT2D eigenvalue weighted by atomic mass is 79.9. The maximum absolute atomic E-state index is 7.11. The molecule has 1 N–H and O–H groups in total. The SMILES string of the molecule is C=N/C(C=N)=C(\C=C\Br)/C=C/OCC. The molecule has 0 aromatic rings. The smallest absolute Gasteiger partial charge is 0.0871 e. The minimum absolute atomic E-state index is 0.497. The summed E-state index contributed by atoms with van der Waals surface area (Å²) in [5, 5.41) is 7.11. The first kappa shape index (κ1) is 12.8. The second kappa shape index (κ2) is 8.44. The van der Waals surface area contributed by atoms with Crippen LogP contribution in [0.4, 0.5) is 0 Å². The van der Waals surface area contributed by atoms with Gasteiger partial charge in [0, 0.05) is 11.8 Å². The van der Waals surface area contributed by atoms with E-state index in [0.717, 1.165) is 11.8 Å². The van der Waals surface area contributed by atoms with E-state index in [4.69, 9.17) is 10.1 Å². The molecule has 76 valence electrons. The van der Waals surface area contributed by atoms with Crippen molar-refractivity contribution >= 4 is 28.9 Å². The van der Waals surface area contributed by atoms with E-state index in [1.165, 1.54) is 0 Å². The van der Waals surface area contributed by atoms with Crippen LogP contribution in [0.1, 0.15) is 6.92 Å². The molecule has 0 unspecified atom stereocenters. The van der Waals surface area contributed by atoms with E-state index >= 15 is 0 Å². The molecule has 14 heavy (non-hydrogen) atoms. The summed E-state index contributed by atoms with van der Waals surface area (Å²) < 4.78 is 5.05. The minimum atomic E-state index is 0.497. The van der Waals surface area contributed by atoms with Crippen molar-refractivity contribution < 1.29 is 4.74 Å². The predicted molar refractivity (Wildman–Crippen MR) is 64.2 cm³/mol. The van der Waals surface area contributed by atoms with Crippen molar-refractivity contribution in [2.45, 2.75) is 6.92 Å². The maximum atomic E-state index is 7.11.